The van der Waals surface area contributed by atoms with Crippen LogP contribution in [0.4, 0.5) is 26.3 Å². The summed E-state index contributed by atoms with van der Waals surface area (Å²) < 4.78 is 84.8. The first-order valence-corrected chi connectivity index (χ1v) is 10.0. The second-order valence-electron chi connectivity index (χ2n) is 8.92. The Bertz CT molecular complexity index is 1130. The van der Waals surface area contributed by atoms with E-state index in [1.54, 1.807) is 52.0 Å². The number of hydrogen-bond acceptors (Lipinski definition) is 2. The smallest absolute Gasteiger partial charge is 0.416 e. The zero-order chi connectivity index (χ0) is 24.8. The van der Waals surface area contributed by atoms with E-state index < -0.39 is 34.7 Å². The topological polar surface area (TPSA) is 29.5 Å². The minimum absolute atomic E-state index is 0.113. The van der Waals surface area contributed by atoms with Gasteiger partial charge in [-0.2, -0.15) is 26.3 Å². The lowest BCUT2D eigenvalue weighted by Crippen LogP contribution is -2.49. The third kappa shape index (κ3) is 5.70. The van der Waals surface area contributed by atoms with E-state index in [1.807, 2.05) is 0 Å². The first-order valence-electron chi connectivity index (χ1n) is 10.0. The lowest BCUT2D eigenvalue weighted by Gasteiger charge is -2.37. The van der Waals surface area contributed by atoms with Crippen LogP contribution in [0.3, 0.4) is 0 Å². The maximum atomic E-state index is 13.2. The van der Waals surface area contributed by atoms with Crippen LogP contribution in [0.5, 0.6) is 0 Å². The third-order valence-electron chi connectivity index (χ3n) is 5.75. The summed E-state index contributed by atoms with van der Waals surface area (Å²) in [6.45, 7) is 6.73. The quantitative estimate of drug-likeness (QED) is 0.350. The van der Waals surface area contributed by atoms with E-state index in [0.717, 1.165) is 5.39 Å². The monoisotopic (exact) mass is 467 g/mol. The summed E-state index contributed by atoms with van der Waals surface area (Å²) in [5.41, 5.74) is -3.94. The van der Waals surface area contributed by atoms with Gasteiger partial charge in [0.15, 0.2) is 0 Å². The molecule has 3 aromatic rings. The molecule has 0 fully saturated rings. The van der Waals surface area contributed by atoms with Crippen LogP contribution in [-0.2, 0) is 17.0 Å². The molecule has 3 rings (SSSR count). The van der Waals surface area contributed by atoms with Gasteiger partial charge in [0.2, 0.25) is 0 Å². The highest BCUT2D eigenvalue weighted by atomic mass is 19.4. The Hall–Kier alpha value is -2.52. The Morgan fingerprint density at radius 3 is 1.70 bits per heavy atom. The van der Waals surface area contributed by atoms with Gasteiger partial charge in [-0.1, -0.05) is 35.8 Å². The molecule has 0 aliphatic heterocycles. The Morgan fingerprint density at radius 2 is 1.18 bits per heavy atom. The Kier molecular flexibility index (Phi) is 6.36. The first kappa shape index (κ1) is 25.1. The molecule has 0 saturated heterocycles. The van der Waals surface area contributed by atoms with Crippen LogP contribution in [0.15, 0.2) is 54.6 Å². The molecule has 0 aromatic heterocycles. The van der Waals surface area contributed by atoms with E-state index in [0.29, 0.717) is 23.0 Å². The summed E-state index contributed by atoms with van der Waals surface area (Å²) in [6, 6.07) is 11.4. The molecular weight excluding hydrogens is 445 g/mol. The number of aliphatic hydroxyl groups is 1. The molecule has 0 spiro atoms. The minimum Gasteiger partial charge on any atom is -0.427 e. The highest BCUT2D eigenvalue weighted by Gasteiger charge is 2.37. The number of rotatable bonds is 5. The zero-order valence-corrected chi connectivity index (χ0v) is 18.4. The predicted molar refractivity (Wildman–Crippen MR) is 116 cm³/mol. The first-order chi connectivity index (χ1) is 15.0. The fourth-order valence-electron chi connectivity index (χ4n) is 3.00. The van der Waals surface area contributed by atoms with Crippen LogP contribution in [0, 0.1) is 0 Å². The summed E-state index contributed by atoms with van der Waals surface area (Å²) in [5.74, 6) is 0. The Balaban J connectivity index is 1.96. The molecule has 0 saturated carbocycles. The van der Waals surface area contributed by atoms with Crippen molar-refractivity contribution in [3.05, 3.63) is 65.7 Å². The van der Waals surface area contributed by atoms with Gasteiger partial charge in [-0.25, -0.2) is 0 Å². The van der Waals surface area contributed by atoms with Gasteiger partial charge in [-0.3, -0.25) is 0 Å². The highest BCUT2D eigenvalue weighted by molar-refractivity contribution is 6.47. The lowest BCUT2D eigenvalue weighted by atomic mass is 9.82. The number of alkyl halides is 6. The van der Waals surface area contributed by atoms with Gasteiger partial charge in [-0.15, -0.1) is 0 Å². The molecule has 33 heavy (non-hydrogen) atoms. The number of fused-ring (bicyclic) bond motifs is 1. The standard InChI is InChI=1S/C24H22BF6O2/c1-21(2,32)22(3,4)33-25-20-8-7-14-9-15(5-6-16(14)12-20)17-10-18(23(26,27)28)13-19(11-17)24(29,30)31/h5-13,32H,1-4H3. The molecule has 0 aliphatic rings. The molecule has 9 heteroatoms. The van der Waals surface area contributed by atoms with Crippen LogP contribution in [-0.4, -0.2) is 23.8 Å². The minimum atomic E-state index is -4.91. The van der Waals surface area contributed by atoms with Crippen molar-refractivity contribution < 1.29 is 36.1 Å². The molecule has 1 radical (unpaired) electrons. The molecule has 3 aromatic carbocycles. The molecular formula is C24H22BF6O2. The van der Waals surface area contributed by atoms with Gasteiger partial charge < -0.3 is 9.76 Å². The molecule has 0 bridgehead atoms. The van der Waals surface area contributed by atoms with Crippen LogP contribution >= 0.6 is 0 Å². The van der Waals surface area contributed by atoms with E-state index in [-0.39, 0.29) is 17.2 Å². The van der Waals surface area contributed by atoms with Gasteiger partial charge in [-0.05, 0) is 73.9 Å². The van der Waals surface area contributed by atoms with Crippen molar-refractivity contribution in [3.63, 3.8) is 0 Å². The second-order valence-corrected chi connectivity index (χ2v) is 8.92. The van der Waals surface area contributed by atoms with Crippen LogP contribution in [0.1, 0.15) is 38.8 Å². The van der Waals surface area contributed by atoms with Crippen LogP contribution in [0.25, 0.3) is 21.9 Å². The van der Waals surface area contributed by atoms with Crippen molar-refractivity contribution in [2.45, 2.75) is 51.2 Å². The normalized spacial score (nSPS) is 13.4. The fraction of sp³-hybridized carbons (Fsp3) is 0.333. The van der Waals surface area contributed by atoms with E-state index in [1.165, 1.54) is 19.6 Å². The molecule has 0 heterocycles. The second kappa shape index (κ2) is 8.36. The van der Waals surface area contributed by atoms with Crippen molar-refractivity contribution in [2.24, 2.45) is 0 Å². The molecule has 0 unspecified atom stereocenters. The molecule has 0 aliphatic carbocycles. The van der Waals surface area contributed by atoms with Crippen molar-refractivity contribution >= 4 is 23.7 Å². The molecule has 0 atom stereocenters. The van der Waals surface area contributed by atoms with Crippen LogP contribution < -0.4 is 5.46 Å². The van der Waals surface area contributed by atoms with Gasteiger partial charge in [0.25, 0.3) is 0 Å². The average molecular weight is 467 g/mol. The van der Waals surface area contributed by atoms with E-state index >= 15 is 0 Å². The highest BCUT2D eigenvalue weighted by Crippen LogP contribution is 2.39. The SMILES string of the molecule is CC(C)(O)C(C)(C)O[B]c1ccc2cc(-c3cc(C(F)(F)F)cc(C(F)(F)F)c3)ccc2c1. The van der Waals surface area contributed by atoms with Crippen molar-refractivity contribution in [3.8, 4) is 11.1 Å². The third-order valence-corrected chi connectivity index (χ3v) is 5.75. The van der Waals surface area contributed by atoms with Crippen molar-refractivity contribution in [1.29, 1.82) is 0 Å². The summed E-state index contributed by atoms with van der Waals surface area (Å²) >= 11 is 0. The van der Waals surface area contributed by atoms with E-state index in [9.17, 15) is 31.4 Å². The molecule has 2 nitrogen and oxygen atoms in total. The fourth-order valence-corrected chi connectivity index (χ4v) is 3.00. The average Bonchev–Trinajstić information content (AvgIpc) is 2.69. The van der Waals surface area contributed by atoms with E-state index in [2.05, 4.69) is 0 Å². The van der Waals surface area contributed by atoms with Crippen molar-refractivity contribution in [1.82, 2.24) is 0 Å². The largest absolute Gasteiger partial charge is 0.427 e. The van der Waals surface area contributed by atoms with Gasteiger partial charge in [0, 0.05) is 0 Å². The van der Waals surface area contributed by atoms with Gasteiger partial charge >= 0.3 is 19.8 Å². The van der Waals surface area contributed by atoms with E-state index in [4.69, 9.17) is 4.65 Å². The predicted octanol–water partition coefficient (Wildman–Crippen LogP) is 6.36. The summed E-state index contributed by atoms with van der Waals surface area (Å²) in [7, 11) is 1.49. The summed E-state index contributed by atoms with van der Waals surface area (Å²) in [5, 5.41) is 11.5. The number of benzene rings is 3. The van der Waals surface area contributed by atoms with Gasteiger partial charge in [0.05, 0.1) is 22.3 Å². The Labute approximate surface area is 188 Å². The number of halogens is 6. The molecule has 175 valence electrons. The van der Waals surface area contributed by atoms with Gasteiger partial charge in [0.1, 0.15) is 0 Å². The maximum Gasteiger partial charge on any atom is 0.416 e. The zero-order valence-electron chi connectivity index (χ0n) is 18.4. The summed E-state index contributed by atoms with van der Waals surface area (Å²) in [4.78, 5) is 0. The lowest BCUT2D eigenvalue weighted by molar-refractivity contribution is -0.143. The van der Waals surface area contributed by atoms with Crippen molar-refractivity contribution in [2.75, 3.05) is 0 Å². The number of hydrogen-bond donors (Lipinski definition) is 1. The summed E-state index contributed by atoms with van der Waals surface area (Å²) in [6.07, 6.45) is -9.82. The maximum absolute atomic E-state index is 13.2. The Morgan fingerprint density at radius 1 is 0.667 bits per heavy atom. The van der Waals surface area contributed by atoms with Crippen LogP contribution in [0.2, 0.25) is 0 Å². The molecule has 1 N–H and O–H groups in total. The molecule has 0 amide bonds.